The third-order valence-electron chi connectivity index (χ3n) is 3.89. The molecular formula is C18H11N3O4. The van der Waals surface area contributed by atoms with Crippen molar-refractivity contribution in [3.63, 3.8) is 0 Å². The molecule has 2 aromatic carbocycles. The minimum Gasteiger partial charge on any atom is -0.324 e. The van der Waals surface area contributed by atoms with E-state index < -0.39 is 17.8 Å². The van der Waals surface area contributed by atoms with E-state index in [1.807, 2.05) is 0 Å². The van der Waals surface area contributed by atoms with E-state index in [9.17, 15) is 14.4 Å². The number of hydrogen-bond donors (Lipinski definition) is 1. The number of fused-ring (bicyclic) bond motifs is 1. The van der Waals surface area contributed by atoms with Crippen molar-refractivity contribution < 1.29 is 19.2 Å². The SMILES string of the molecule is O=C(ON1C(=O)c2ccccc2C1=O)c1ccccc1-c1cn[nH]c1. The lowest BCUT2D eigenvalue weighted by molar-refractivity contribution is -0.0584. The average Bonchev–Trinajstić information content (AvgIpc) is 3.26. The molecule has 0 radical (unpaired) electrons. The monoisotopic (exact) mass is 333 g/mol. The highest BCUT2D eigenvalue weighted by atomic mass is 16.7. The summed E-state index contributed by atoms with van der Waals surface area (Å²) in [4.78, 5) is 42.3. The molecule has 7 heteroatoms. The van der Waals surface area contributed by atoms with Gasteiger partial charge in [-0.15, -0.1) is 0 Å². The lowest BCUT2D eigenvalue weighted by Crippen LogP contribution is -2.32. The Hall–Kier alpha value is -3.74. The van der Waals surface area contributed by atoms with Crippen molar-refractivity contribution >= 4 is 17.8 Å². The first-order valence-corrected chi connectivity index (χ1v) is 7.45. The van der Waals surface area contributed by atoms with E-state index in [4.69, 9.17) is 4.84 Å². The lowest BCUT2D eigenvalue weighted by atomic mass is 10.0. The summed E-state index contributed by atoms with van der Waals surface area (Å²) in [5.41, 5.74) is 1.92. The van der Waals surface area contributed by atoms with Gasteiger partial charge in [-0.1, -0.05) is 35.4 Å². The topological polar surface area (TPSA) is 92.4 Å². The number of nitrogens with one attached hydrogen (secondary N) is 1. The van der Waals surface area contributed by atoms with Crippen LogP contribution in [0.15, 0.2) is 60.9 Å². The summed E-state index contributed by atoms with van der Waals surface area (Å²) in [6.45, 7) is 0. The first-order chi connectivity index (χ1) is 12.2. The van der Waals surface area contributed by atoms with Crippen LogP contribution < -0.4 is 0 Å². The van der Waals surface area contributed by atoms with Crippen LogP contribution in [0, 0.1) is 0 Å². The second-order valence-electron chi connectivity index (χ2n) is 5.36. The smallest absolute Gasteiger partial charge is 0.324 e. The number of rotatable bonds is 3. The van der Waals surface area contributed by atoms with Crippen LogP contribution in [0.5, 0.6) is 0 Å². The van der Waals surface area contributed by atoms with Gasteiger partial charge >= 0.3 is 5.97 Å². The molecule has 1 aliphatic heterocycles. The van der Waals surface area contributed by atoms with Crippen LogP contribution in [-0.4, -0.2) is 33.0 Å². The number of nitrogens with zero attached hydrogens (tertiary/aromatic N) is 2. The Morgan fingerprint density at radius 3 is 2.12 bits per heavy atom. The van der Waals surface area contributed by atoms with Gasteiger partial charge in [-0.05, 0) is 23.8 Å². The quantitative estimate of drug-likeness (QED) is 0.743. The molecule has 2 amide bonds. The fraction of sp³-hybridized carbons (Fsp3) is 0. The van der Waals surface area contributed by atoms with E-state index in [1.165, 1.54) is 12.1 Å². The van der Waals surface area contributed by atoms with Gasteiger partial charge < -0.3 is 4.84 Å². The fourth-order valence-electron chi connectivity index (χ4n) is 2.69. The number of carbonyl (C=O) groups excluding carboxylic acids is 3. The number of benzene rings is 2. The summed E-state index contributed by atoms with van der Waals surface area (Å²) in [5.74, 6) is -2.12. The Morgan fingerprint density at radius 1 is 0.920 bits per heavy atom. The normalized spacial score (nSPS) is 13.0. The van der Waals surface area contributed by atoms with Crippen LogP contribution in [0.25, 0.3) is 11.1 Å². The van der Waals surface area contributed by atoms with E-state index >= 15 is 0 Å². The molecule has 1 aromatic heterocycles. The van der Waals surface area contributed by atoms with E-state index in [-0.39, 0.29) is 16.7 Å². The van der Waals surface area contributed by atoms with Gasteiger partial charge in [0.2, 0.25) is 0 Å². The summed E-state index contributed by atoms with van der Waals surface area (Å²) < 4.78 is 0. The van der Waals surface area contributed by atoms with Crippen molar-refractivity contribution in [3.8, 4) is 11.1 Å². The van der Waals surface area contributed by atoms with Crippen molar-refractivity contribution in [2.75, 3.05) is 0 Å². The number of hydrogen-bond acceptors (Lipinski definition) is 5. The predicted octanol–water partition coefficient (Wildman–Crippen LogP) is 2.44. The zero-order valence-corrected chi connectivity index (χ0v) is 12.8. The highest BCUT2D eigenvalue weighted by Crippen LogP contribution is 2.26. The van der Waals surface area contributed by atoms with Crippen LogP contribution in [0.1, 0.15) is 31.1 Å². The molecule has 0 saturated heterocycles. The molecule has 0 atom stereocenters. The Balaban J connectivity index is 1.65. The molecule has 1 aliphatic rings. The van der Waals surface area contributed by atoms with Crippen LogP contribution in [-0.2, 0) is 4.84 Å². The van der Waals surface area contributed by atoms with E-state index in [0.29, 0.717) is 16.2 Å². The third-order valence-corrected chi connectivity index (χ3v) is 3.89. The largest absolute Gasteiger partial charge is 0.364 e. The first kappa shape index (κ1) is 14.8. The van der Waals surface area contributed by atoms with Crippen LogP contribution >= 0.6 is 0 Å². The van der Waals surface area contributed by atoms with E-state index in [1.54, 1.807) is 48.8 Å². The molecule has 7 nitrogen and oxygen atoms in total. The molecule has 1 N–H and O–H groups in total. The molecule has 25 heavy (non-hydrogen) atoms. The molecule has 0 bridgehead atoms. The number of hydroxylamine groups is 2. The van der Waals surface area contributed by atoms with Crippen molar-refractivity contribution in [3.05, 3.63) is 77.6 Å². The molecule has 0 fully saturated rings. The Morgan fingerprint density at radius 2 is 1.52 bits per heavy atom. The molecule has 0 unspecified atom stereocenters. The summed E-state index contributed by atoms with van der Waals surface area (Å²) in [5, 5.41) is 7.03. The Bertz CT molecular complexity index is 960. The molecule has 0 saturated carbocycles. The van der Waals surface area contributed by atoms with Crippen molar-refractivity contribution in [1.82, 2.24) is 15.3 Å². The zero-order chi connectivity index (χ0) is 17.4. The zero-order valence-electron chi connectivity index (χ0n) is 12.8. The van der Waals surface area contributed by atoms with Crippen LogP contribution in [0.4, 0.5) is 0 Å². The molecular weight excluding hydrogens is 322 g/mol. The lowest BCUT2D eigenvalue weighted by Gasteiger charge is -2.14. The molecule has 0 spiro atoms. The van der Waals surface area contributed by atoms with Gasteiger partial charge in [-0.2, -0.15) is 5.10 Å². The maximum absolute atomic E-state index is 12.6. The maximum Gasteiger partial charge on any atom is 0.364 e. The first-order valence-electron chi connectivity index (χ1n) is 7.45. The standard InChI is InChI=1S/C18H11N3O4/c22-16-13-6-2-3-7-14(13)17(23)21(16)25-18(24)15-8-4-1-5-12(15)11-9-19-20-10-11/h1-10H,(H,19,20). The van der Waals surface area contributed by atoms with Crippen LogP contribution in [0.2, 0.25) is 0 Å². The summed E-state index contributed by atoms with van der Waals surface area (Å²) >= 11 is 0. The maximum atomic E-state index is 12.6. The number of imide groups is 1. The van der Waals surface area contributed by atoms with E-state index in [0.717, 1.165) is 0 Å². The van der Waals surface area contributed by atoms with Gasteiger partial charge in [0.05, 0.1) is 22.9 Å². The van der Waals surface area contributed by atoms with Gasteiger partial charge in [-0.3, -0.25) is 14.7 Å². The summed E-state index contributed by atoms with van der Waals surface area (Å²) in [6.07, 6.45) is 3.20. The fourth-order valence-corrected chi connectivity index (χ4v) is 2.69. The van der Waals surface area contributed by atoms with Gasteiger partial charge in [0, 0.05) is 11.8 Å². The molecule has 4 rings (SSSR count). The summed E-state index contributed by atoms with van der Waals surface area (Å²) in [6, 6.07) is 13.0. The number of amides is 2. The second-order valence-corrected chi connectivity index (χ2v) is 5.36. The van der Waals surface area contributed by atoms with Crippen molar-refractivity contribution in [2.24, 2.45) is 0 Å². The van der Waals surface area contributed by atoms with Crippen molar-refractivity contribution in [2.45, 2.75) is 0 Å². The predicted molar refractivity (Wildman–Crippen MR) is 86.4 cm³/mol. The van der Waals surface area contributed by atoms with Gasteiger partial charge in [0.25, 0.3) is 11.8 Å². The van der Waals surface area contributed by atoms with Crippen LogP contribution in [0.3, 0.4) is 0 Å². The minimum absolute atomic E-state index is 0.211. The van der Waals surface area contributed by atoms with Crippen molar-refractivity contribution in [1.29, 1.82) is 0 Å². The second kappa shape index (κ2) is 5.72. The van der Waals surface area contributed by atoms with Gasteiger partial charge in [0.15, 0.2) is 0 Å². The van der Waals surface area contributed by atoms with E-state index in [2.05, 4.69) is 10.2 Å². The average molecular weight is 333 g/mol. The molecule has 3 aromatic rings. The highest BCUT2D eigenvalue weighted by Gasteiger charge is 2.39. The van der Waals surface area contributed by atoms with Gasteiger partial charge in [0.1, 0.15) is 0 Å². The number of carbonyl (C=O) groups is 3. The molecule has 2 heterocycles. The number of aromatic nitrogens is 2. The number of aromatic amines is 1. The Labute approximate surface area is 141 Å². The molecule has 122 valence electrons. The van der Waals surface area contributed by atoms with Gasteiger partial charge in [-0.25, -0.2) is 4.79 Å². The third kappa shape index (κ3) is 2.38. The minimum atomic E-state index is -0.800. The Kier molecular flexibility index (Phi) is 3.39. The highest BCUT2D eigenvalue weighted by molar-refractivity contribution is 6.21. The summed E-state index contributed by atoms with van der Waals surface area (Å²) in [7, 11) is 0. The molecule has 0 aliphatic carbocycles. The number of H-pyrrole nitrogens is 1.